The van der Waals surface area contributed by atoms with Gasteiger partial charge in [-0.3, -0.25) is 19.8 Å². The molecule has 5 nitrogen and oxygen atoms in total. The third-order valence-corrected chi connectivity index (χ3v) is 6.11. The van der Waals surface area contributed by atoms with Gasteiger partial charge in [0.2, 0.25) is 5.91 Å². The molecule has 1 saturated heterocycles. The minimum Gasteiger partial charge on any atom is -0.273 e. The first kappa shape index (κ1) is 14.0. The number of benzene rings is 1. The lowest BCUT2D eigenvalue weighted by Gasteiger charge is -2.37. The van der Waals surface area contributed by atoms with E-state index >= 15 is 0 Å². The van der Waals surface area contributed by atoms with Gasteiger partial charge in [-0.1, -0.05) is 42.5 Å². The molecule has 0 spiro atoms. The maximum absolute atomic E-state index is 12.7. The van der Waals surface area contributed by atoms with E-state index in [4.69, 9.17) is 0 Å². The molecule has 6 rings (SSSR count). The van der Waals surface area contributed by atoms with E-state index in [0.717, 1.165) is 17.0 Å². The van der Waals surface area contributed by atoms with Crippen molar-refractivity contribution in [2.45, 2.75) is 12.8 Å². The van der Waals surface area contributed by atoms with Crippen LogP contribution >= 0.6 is 0 Å². The van der Waals surface area contributed by atoms with Crippen LogP contribution in [-0.4, -0.2) is 22.7 Å². The van der Waals surface area contributed by atoms with Crippen LogP contribution in [0, 0.1) is 35.5 Å². The lowest BCUT2D eigenvalue weighted by Crippen LogP contribution is -2.47. The highest BCUT2D eigenvalue weighted by Gasteiger charge is 2.67. The molecule has 1 aromatic rings. The molecule has 24 heavy (non-hydrogen) atoms. The molecule has 0 radical (unpaired) electrons. The van der Waals surface area contributed by atoms with E-state index in [2.05, 4.69) is 17.6 Å². The van der Waals surface area contributed by atoms with Gasteiger partial charge in [-0.2, -0.15) is 5.01 Å². The Hall–Kier alpha value is -2.43. The summed E-state index contributed by atoms with van der Waals surface area (Å²) < 4.78 is 0. The van der Waals surface area contributed by atoms with Crippen LogP contribution < -0.4 is 5.43 Å². The number of nitrogens with zero attached hydrogens (tertiary/aromatic N) is 1. The summed E-state index contributed by atoms with van der Waals surface area (Å²) in [4.78, 5) is 37.7. The van der Waals surface area contributed by atoms with Gasteiger partial charge in [-0.15, -0.1) is 0 Å². The van der Waals surface area contributed by atoms with Crippen LogP contribution in [0.5, 0.6) is 0 Å². The van der Waals surface area contributed by atoms with Crippen molar-refractivity contribution < 1.29 is 14.4 Å². The Morgan fingerprint density at radius 2 is 1.58 bits per heavy atom. The minimum atomic E-state index is -0.327. The normalized spacial score (nSPS) is 38.1. The fourth-order valence-corrected chi connectivity index (χ4v) is 5.01. The Morgan fingerprint density at radius 3 is 2.17 bits per heavy atom. The van der Waals surface area contributed by atoms with Crippen molar-refractivity contribution in [1.29, 1.82) is 0 Å². The van der Waals surface area contributed by atoms with Crippen molar-refractivity contribution in [3.8, 4) is 0 Å². The van der Waals surface area contributed by atoms with Crippen molar-refractivity contribution in [3.05, 3.63) is 48.0 Å². The average Bonchev–Trinajstić information content (AvgIpc) is 3.37. The van der Waals surface area contributed by atoms with Gasteiger partial charge < -0.3 is 0 Å². The zero-order chi connectivity index (χ0) is 16.4. The maximum Gasteiger partial charge on any atom is 0.252 e. The zero-order valence-corrected chi connectivity index (χ0v) is 13.1. The van der Waals surface area contributed by atoms with E-state index in [-0.39, 0.29) is 47.8 Å². The second-order valence-corrected chi connectivity index (χ2v) is 7.36. The summed E-state index contributed by atoms with van der Waals surface area (Å²) in [5.74, 6) is 0.173. The summed E-state index contributed by atoms with van der Waals surface area (Å²) in [6, 6.07) is 9.31. The van der Waals surface area contributed by atoms with Gasteiger partial charge in [0, 0.05) is 0 Å². The first-order valence-electron chi connectivity index (χ1n) is 8.54. The summed E-state index contributed by atoms with van der Waals surface area (Å²) in [6.45, 7) is 0. The van der Waals surface area contributed by atoms with E-state index < -0.39 is 0 Å². The number of carbonyl (C=O) groups excluding carboxylic acids is 3. The van der Waals surface area contributed by atoms with E-state index in [1.54, 1.807) is 0 Å². The Morgan fingerprint density at radius 1 is 1.00 bits per heavy atom. The lowest BCUT2D eigenvalue weighted by molar-refractivity contribution is -0.149. The molecule has 1 aromatic carbocycles. The molecule has 0 unspecified atom stereocenters. The van der Waals surface area contributed by atoms with Gasteiger partial charge in [-0.25, -0.2) is 0 Å². The molecule has 5 heteroatoms. The molecule has 1 heterocycles. The van der Waals surface area contributed by atoms with Gasteiger partial charge in [0.05, 0.1) is 18.3 Å². The van der Waals surface area contributed by atoms with Crippen LogP contribution in [0.1, 0.15) is 12.0 Å². The molecule has 4 aliphatic carbocycles. The third-order valence-electron chi connectivity index (χ3n) is 6.11. The summed E-state index contributed by atoms with van der Waals surface area (Å²) in [5, 5.41) is 0.998. The quantitative estimate of drug-likeness (QED) is 0.674. The number of amides is 3. The van der Waals surface area contributed by atoms with Crippen LogP contribution in [0.15, 0.2) is 42.5 Å². The largest absolute Gasteiger partial charge is 0.273 e. The SMILES string of the molecule is O=C(Cc1ccccc1)NN1C(=O)[C@@H]2[C@H]3C=C[C@@H]([C@@H]4C[C@@H]34)[C@@H]2C1=O. The summed E-state index contributed by atoms with van der Waals surface area (Å²) in [7, 11) is 0. The van der Waals surface area contributed by atoms with Crippen LogP contribution in [0.2, 0.25) is 0 Å². The number of rotatable bonds is 3. The predicted octanol–water partition coefficient (Wildman–Crippen LogP) is 1.31. The first-order valence-corrected chi connectivity index (χ1v) is 8.54. The van der Waals surface area contributed by atoms with Crippen LogP contribution in [0.25, 0.3) is 0 Å². The van der Waals surface area contributed by atoms with E-state index in [0.29, 0.717) is 11.8 Å². The number of carbonyl (C=O) groups is 3. The molecule has 5 aliphatic rings. The average molecular weight is 322 g/mol. The minimum absolute atomic E-state index is 0.156. The van der Waals surface area contributed by atoms with E-state index in [1.165, 1.54) is 0 Å². The van der Waals surface area contributed by atoms with Gasteiger partial charge in [0.1, 0.15) is 0 Å². The first-order chi connectivity index (χ1) is 11.6. The number of nitrogens with one attached hydrogen (secondary N) is 1. The molecule has 1 aliphatic heterocycles. The van der Waals surface area contributed by atoms with Gasteiger partial charge in [-0.05, 0) is 35.7 Å². The summed E-state index contributed by atoms with van der Waals surface area (Å²) >= 11 is 0. The molecule has 1 N–H and O–H groups in total. The molecular weight excluding hydrogens is 304 g/mol. The molecule has 0 aromatic heterocycles. The molecule has 3 fully saturated rings. The number of hydrogen-bond acceptors (Lipinski definition) is 3. The highest BCUT2D eigenvalue weighted by atomic mass is 16.2. The van der Waals surface area contributed by atoms with Crippen molar-refractivity contribution in [1.82, 2.24) is 10.4 Å². The smallest absolute Gasteiger partial charge is 0.252 e. The maximum atomic E-state index is 12.7. The molecule has 3 amide bonds. The summed E-state index contributed by atoms with van der Waals surface area (Å²) in [5.41, 5.74) is 3.41. The fourth-order valence-electron chi connectivity index (χ4n) is 5.01. The van der Waals surface area contributed by atoms with Crippen molar-refractivity contribution in [2.75, 3.05) is 0 Å². The predicted molar refractivity (Wildman–Crippen MR) is 84.8 cm³/mol. The van der Waals surface area contributed by atoms with Crippen LogP contribution in [-0.2, 0) is 20.8 Å². The topological polar surface area (TPSA) is 66.5 Å². The second kappa shape index (κ2) is 4.79. The number of imide groups is 1. The Kier molecular flexibility index (Phi) is 2.78. The third kappa shape index (κ3) is 1.84. The Bertz CT molecular complexity index is 736. The van der Waals surface area contributed by atoms with Crippen molar-refractivity contribution in [2.24, 2.45) is 35.5 Å². The molecule has 2 bridgehead atoms. The number of hydrogen-bond donors (Lipinski definition) is 1. The van der Waals surface area contributed by atoms with Crippen molar-refractivity contribution in [3.63, 3.8) is 0 Å². The highest BCUT2D eigenvalue weighted by molar-refractivity contribution is 6.07. The zero-order valence-electron chi connectivity index (χ0n) is 13.1. The standard InChI is InChI=1S/C19H18N2O3/c22-15(8-10-4-2-1-3-5-10)20-21-18(23)16-11-6-7-12(14-9-13(11)14)17(16)19(21)24/h1-7,11-14,16-17H,8-9H2,(H,20,22)/t11-,12-,13-,14-,16-,17+/m0/s1. The monoisotopic (exact) mass is 322 g/mol. The lowest BCUT2D eigenvalue weighted by atomic mass is 9.63. The number of hydrazine groups is 1. The molecular formula is C19H18N2O3. The fraction of sp³-hybridized carbons (Fsp3) is 0.421. The van der Waals surface area contributed by atoms with Gasteiger partial charge >= 0.3 is 0 Å². The Labute approximate surface area is 139 Å². The van der Waals surface area contributed by atoms with Gasteiger partial charge in [0.15, 0.2) is 0 Å². The van der Waals surface area contributed by atoms with Crippen molar-refractivity contribution >= 4 is 17.7 Å². The molecule has 122 valence electrons. The Balaban J connectivity index is 1.34. The summed E-state index contributed by atoms with van der Waals surface area (Å²) in [6.07, 6.45) is 5.54. The highest BCUT2D eigenvalue weighted by Crippen LogP contribution is 2.65. The van der Waals surface area contributed by atoms with Crippen LogP contribution in [0.3, 0.4) is 0 Å². The van der Waals surface area contributed by atoms with Gasteiger partial charge in [0.25, 0.3) is 11.8 Å². The molecule has 2 saturated carbocycles. The molecule has 6 atom stereocenters. The van der Waals surface area contributed by atoms with E-state index in [9.17, 15) is 14.4 Å². The van der Waals surface area contributed by atoms with Crippen LogP contribution in [0.4, 0.5) is 0 Å². The van der Waals surface area contributed by atoms with E-state index in [1.807, 2.05) is 30.3 Å². The second-order valence-electron chi connectivity index (χ2n) is 7.36. The number of allylic oxidation sites excluding steroid dienone is 2.